The highest BCUT2D eigenvalue weighted by Crippen LogP contribution is 2.23. The van der Waals surface area contributed by atoms with Crippen molar-refractivity contribution in [3.8, 4) is 0 Å². The van der Waals surface area contributed by atoms with Crippen molar-refractivity contribution < 1.29 is 19.2 Å². The summed E-state index contributed by atoms with van der Waals surface area (Å²) in [7, 11) is 0. The number of benzene rings is 1. The Bertz CT molecular complexity index is 450. The number of hydrogen-bond acceptors (Lipinski definition) is 4. The van der Waals surface area contributed by atoms with Crippen LogP contribution in [0.25, 0.3) is 0 Å². The standard InChI is InChI=1S/C10H11FN2O4/c11-7-2-1-6(5-9(7)13(16)17)8(12)3-4-10(14)15/h1-2,5,8H,3-4,12H2,(H,14,15). The number of nitrogens with two attached hydrogens (primary N) is 1. The zero-order valence-electron chi connectivity index (χ0n) is 8.80. The average molecular weight is 242 g/mol. The third-order valence-electron chi connectivity index (χ3n) is 2.26. The maximum absolute atomic E-state index is 13.0. The molecule has 0 radical (unpaired) electrons. The van der Waals surface area contributed by atoms with Gasteiger partial charge in [-0.15, -0.1) is 0 Å². The van der Waals surface area contributed by atoms with E-state index < -0.39 is 28.4 Å². The summed E-state index contributed by atoms with van der Waals surface area (Å²) in [5.74, 6) is -1.94. The quantitative estimate of drug-likeness (QED) is 0.602. The molecule has 92 valence electrons. The van der Waals surface area contributed by atoms with Crippen LogP contribution in [-0.2, 0) is 4.79 Å². The summed E-state index contributed by atoms with van der Waals surface area (Å²) >= 11 is 0. The highest BCUT2D eigenvalue weighted by atomic mass is 19.1. The maximum Gasteiger partial charge on any atom is 0.305 e. The summed E-state index contributed by atoms with van der Waals surface area (Å²) in [5, 5.41) is 19.0. The van der Waals surface area contributed by atoms with Gasteiger partial charge in [-0.25, -0.2) is 0 Å². The fourth-order valence-electron chi connectivity index (χ4n) is 1.35. The molecule has 1 atom stereocenters. The van der Waals surface area contributed by atoms with E-state index in [9.17, 15) is 19.3 Å². The second kappa shape index (κ2) is 5.35. The predicted octanol–water partition coefficient (Wildman–Crippen LogP) is 1.60. The molecule has 0 fully saturated rings. The highest BCUT2D eigenvalue weighted by Gasteiger charge is 2.17. The molecule has 1 aromatic rings. The zero-order chi connectivity index (χ0) is 13.0. The van der Waals surface area contributed by atoms with Crippen molar-refractivity contribution in [2.75, 3.05) is 0 Å². The SMILES string of the molecule is NC(CCC(=O)O)c1ccc(F)c([N+](=O)[O-])c1. The van der Waals surface area contributed by atoms with Crippen molar-refractivity contribution >= 4 is 11.7 Å². The van der Waals surface area contributed by atoms with Crippen molar-refractivity contribution in [3.05, 3.63) is 39.7 Å². The smallest absolute Gasteiger partial charge is 0.305 e. The van der Waals surface area contributed by atoms with Crippen molar-refractivity contribution in [1.82, 2.24) is 0 Å². The number of nitro benzene ring substituents is 1. The molecule has 1 aromatic carbocycles. The van der Waals surface area contributed by atoms with E-state index in [1.807, 2.05) is 0 Å². The first-order valence-electron chi connectivity index (χ1n) is 4.83. The van der Waals surface area contributed by atoms with Crippen LogP contribution in [0.1, 0.15) is 24.4 Å². The van der Waals surface area contributed by atoms with Crippen LogP contribution in [0.3, 0.4) is 0 Å². The summed E-state index contributed by atoms with van der Waals surface area (Å²) in [6, 6.07) is 2.63. The minimum Gasteiger partial charge on any atom is -0.481 e. The molecule has 0 saturated heterocycles. The van der Waals surface area contributed by atoms with Crippen LogP contribution in [0, 0.1) is 15.9 Å². The van der Waals surface area contributed by atoms with E-state index in [4.69, 9.17) is 10.8 Å². The summed E-state index contributed by atoms with van der Waals surface area (Å²) < 4.78 is 13.0. The van der Waals surface area contributed by atoms with E-state index in [-0.39, 0.29) is 12.8 Å². The predicted molar refractivity (Wildman–Crippen MR) is 56.9 cm³/mol. The third-order valence-corrected chi connectivity index (χ3v) is 2.26. The molecule has 3 N–H and O–H groups in total. The highest BCUT2D eigenvalue weighted by molar-refractivity contribution is 5.66. The monoisotopic (exact) mass is 242 g/mol. The van der Waals surface area contributed by atoms with Crippen molar-refractivity contribution in [1.29, 1.82) is 0 Å². The number of carbonyl (C=O) groups is 1. The number of nitro groups is 1. The molecule has 0 bridgehead atoms. The second-order valence-corrected chi connectivity index (χ2v) is 3.51. The molecule has 0 aromatic heterocycles. The molecule has 1 unspecified atom stereocenters. The summed E-state index contributed by atoms with van der Waals surface area (Å²) in [6.07, 6.45) is -0.00946. The molecule has 0 amide bonds. The molecule has 0 heterocycles. The molecule has 7 heteroatoms. The van der Waals surface area contributed by atoms with Gasteiger partial charge in [-0.2, -0.15) is 4.39 Å². The summed E-state index contributed by atoms with van der Waals surface area (Å²) in [5.41, 5.74) is 5.34. The van der Waals surface area contributed by atoms with Crippen LogP contribution in [0.5, 0.6) is 0 Å². The lowest BCUT2D eigenvalue weighted by atomic mass is 10.0. The van der Waals surface area contributed by atoms with Gasteiger partial charge in [0.25, 0.3) is 0 Å². The van der Waals surface area contributed by atoms with Gasteiger partial charge < -0.3 is 10.8 Å². The fourth-order valence-corrected chi connectivity index (χ4v) is 1.35. The van der Waals surface area contributed by atoms with Gasteiger partial charge in [0, 0.05) is 18.5 Å². The number of halogens is 1. The molecule has 0 aliphatic heterocycles. The van der Waals surface area contributed by atoms with Gasteiger partial charge in [0.1, 0.15) is 0 Å². The van der Waals surface area contributed by atoms with Gasteiger partial charge in [0.05, 0.1) is 4.92 Å². The largest absolute Gasteiger partial charge is 0.481 e. The number of rotatable bonds is 5. The molecule has 0 aliphatic rings. The van der Waals surface area contributed by atoms with E-state index in [0.29, 0.717) is 5.56 Å². The topological polar surface area (TPSA) is 106 Å². The Balaban J connectivity index is 2.87. The minimum absolute atomic E-state index is 0.137. The van der Waals surface area contributed by atoms with Crippen LogP contribution in [0.15, 0.2) is 18.2 Å². The molecule has 6 nitrogen and oxygen atoms in total. The van der Waals surface area contributed by atoms with Crippen LogP contribution in [0.4, 0.5) is 10.1 Å². The summed E-state index contributed by atoms with van der Waals surface area (Å²) in [6.45, 7) is 0. The van der Waals surface area contributed by atoms with Crippen LogP contribution >= 0.6 is 0 Å². The van der Waals surface area contributed by atoms with Crippen LogP contribution < -0.4 is 5.73 Å². The van der Waals surface area contributed by atoms with Crippen molar-refractivity contribution in [2.24, 2.45) is 5.73 Å². The molecule has 1 rings (SSSR count). The van der Waals surface area contributed by atoms with Crippen LogP contribution in [-0.4, -0.2) is 16.0 Å². The number of hydrogen-bond donors (Lipinski definition) is 2. The van der Waals surface area contributed by atoms with Gasteiger partial charge in [-0.1, -0.05) is 6.07 Å². The number of nitrogens with zero attached hydrogens (tertiary/aromatic N) is 1. The Labute approximate surface area is 96.0 Å². The van der Waals surface area contributed by atoms with Crippen LogP contribution in [0.2, 0.25) is 0 Å². The van der Waals surface area contributed by atoms with Gasteiger partial charge >= 0.3 is 11.7 Å². The van der Waals surface area contributed by atoms with Gasteiger partial charge in [0.2, 0.25) is 5.82 Å². The Morgan fingerprint density at radius 3 is 2.76 bits per heavy atom. The van der Waals surface area contributed by atoms with E-state index >= 15 is 0 Å². The molecule has 0 saturated carbocycles. The molecule has 17 heavy (non-hydrogen) atoms. The average Bonchev–Trinajstić information content (AvgIpc) is 2.26. The Hall–Kier alpha value is -2.02. The Kier molecular flexibility index (Phi) is 4.11. The van der Waals surface area contributed by atoms with Gasteiger partial charge in [0.15, 0.2) is 0 Å². The molecule has 0 spiro atoms. The lowest BCUT2D eigenvalue weighted by Crippen LogP contribution is -2.12. The van der Waals surface area contributed by atoms with Crippen molar-refractivity contribution in [3.63, 3.8) is 0 Å². The van der Waals surface area contributed by atoms with E-state index in [1.54, 1.807) is 0 Å². The van der Waals surface area contributed by atoms with Crippen molar-refractivity contribution in [2.45, 2.75) is 18.9 Å². The maximum atomic E-state index is 13.0. The third kappa shape index (κ3) is 3.49. The van der Waals surface area contributed by atoms with E-state index in [0.717, 1.165) is 12.1 Å². The lowest BCUT2D eigenvalue weighted by molar-refractivity contribution is -0.387. The normalized spacial score (nSPS) is 12.1. The van der Waals surface area contributed by atoms with Gasteiger partial charge in [-0.3, -0.25) is 14.9 Å². The number of carboxylic acids is 1. The first-order chi connectivity index (χ1) is 7.91. The minimum atomic E-state index is -1.00. The molecular weight excluding hydrogens is 231 g/mol. The lowest BCUT2D eigenvalue weighted by Gasteiger charge is -2.10. The molecule has 0 aliphatic carbocycles. The zero-order valence-corrected chi connectivity index (χ0v) is 8.80. The van der Waals surface area contributed by atoms with Gasteiger partial charge in [-0.05, 0) is 18.1 Å². The number of aliphatic carboxylic acids is 1. The molecular formula is C10H11FN2O4. The van der Waals surface area contributed by atoms with E-state index in [2.05, 4.69) is 0 Å². The Morgan fingerprint density at radius 2 is 2.24 bits per heavy atom. The second-order valence-electron chi connectivity index (χ2n) is 3.51. The fraction of sp³-hybridized carbons (Fsp3) is 0.300. The van der Waals surface area contributed by atoms with E-state index in [1.165, 1.54) is 6.07 Å². The first kappa shape index (κ1) is 13.0. The number of carboxylic acid groups (broad SMARTS) is 1. The summed E-state index contributed by atoms with van der Waals surface area (Å²) in [4.78, 5) is 20.0. The Morgan fingerprint density at radius 1 is 1.59 bits per heavy atom. The first-order valence-corrected chi connectivity index (χ1v) is 4.83.